The molecule has 2 atom stereocenters. The van der Waals surface area contributed by atoms with Crippen molar-refractivity contribution in [2.75, 3.05) is 20.3 Å². The highest BCUT2D eigenvalue weighted by molar-refractivity contribution is 7.09. The summed E-state index contributed by atoms with van der Waals surface area (Å²) in [6, 6.07) is -0.108. The predicted molar refractivity (Wildman–Crippen MR) is 72.6 cm³/mol. The van der Waals surface area contributed by atoms with E-state index in [1.807, 2.05) is 12.3 Å². The Morgan fingerprint density at radius 1 is 1.61 bits per heavy atom. The van der Waals surface area contributed by atoms with Crippen molar-refractivity contribution in [2.45, 2.75) is 32.4 Å². The Hall–Kier alpha value is -0.980. The minimum absolute atomic E-state index is 0.0120. The van der Waals surface area contributed by atoms with Crippen molar-refractivity contribution in [3.8, 4) is 0 Å². The monoisotopic (exact) mass is 271 g/mol. The molecule has 0 aliphatic rings. The van der Waals surface area contributed by atoms with Crippen LogP contribution in [0.5, 0.6) is 0 Å². The molecule has 0 aliphatic carbocycles. The molecule has 102 valence electrons. The molecule has 0 aliphatic heterocycles. The second-order valence-electron chi connectivity index (χ2n) is 4.00. The van der Waals surface area contributed by atoms with Crippen LogP contribution in [0.4, 0.5) is 0 Å². The van der Waals surface area contributed by atoms with E-state index in [0.29, 0.717) is 13.2 Å². The van der Waals surface area contributed by atoms with E-state index >= 15 is 0 Å². The van der Waals surface area contributed by atoms with Crippen molar-refractivity contribution < 1.29 is 9.53 Å². The van der Waals surface area contributed by atoms with Gasteiger partial charge in [0.2, 0.25) is 5.91 Å². The summed E-state index contributed by atoms with van der Waals surface area (Å²) in [5, 5.41) is 9.08. The van der Waals surface area contributed by atoms with Crippen molar-refractivity contribution in [1.82, 2.24) is 15.6 Å². The van der Waals surface area contributed by atoms with E-state index in [-0.39, 0.29) is 18.0 Å². The lowest BCUT2D eigenvalue weighted by atomic mass is 10.2. The molecule has 1 rings (SSSR count). The summed E-state index contributed by atoms with van der Waals surface area (Å²) in [5.41, 5.74) is 0. The topological polar surface area (TPSA) is 63.2 Å². The molecule has 6 heteroatoms. The molecule has 1 aromatic rings. The van der Waals surface area contributed by atoms with Crippen LogP contribution in [-0.4, -0.2) is 37.2 Å². The summed E-state index contributed by atoms with van der Waals surface area (Å²) in [7, 11) is 1.61. The number of nitrogens with one attached hydrogen (secondary N) is 2. The Balaban J connectivity index is 2.42. The molecule has 0 saturated carbocycles. The number of rotatable bonds is 8. The fraction of sp³-hybridized carbons (Fsp3) is 0.667. The average molecular weight is 271 g/mol. The van der Waals surface area contributed by atoms with E-state index in [9.17, 15) is 4.79 Å². The summed E-state index contributed by atoms with van der Waals surface area (Å²) in [6.45, 7) is 5.00. The third kappa shape index (κ3) is 4.72. The van der Waals surface area contributed by atoms with Crippen LogP contribution in [0.2, 0.25) is 0 Å². The maximum absolute atomic E-state index is 11.8. The van der Waals surface area contributed by atoms with E-state index in [0.717, 1.165) is 11.4 Å². The molecule has 0 spiro atoms. The second kappa shape index (κ2) is 8.18. The third-order valence-corrected chi connectivity index (χ3v) is 3.50. The van der Waals surface area contributed by atoms with Crippen LogP contribution in [0.25, 0.3) is 0 Å². The SMILES string of the molecule is CCC(NC(C)C(=O)NCCOC)c1nccs1. The van der Waals surface area contributed by atoms with Gasteiger partial charge in [0.25, 0.3) is 0 Å². The van der Waals surface area contributed by atoms with Gasteiger partial charge >= 0.3 is 0 Å². The summed E-state index contributed by atoms with van der Waals surface area (Å²) < 4.78 is 4.89. The number of nitrogens with zero attached hydrogens (tertiary/aromatic N) is 1. The van der Waals surface area contributed by atoms with Gasteiger partial charge in [-0.2, -0.15) is 0 Å². The van der Waals surface area contributed by atoms with E-state index in [2.05, 4.69) is 22.5 Å². The highest BCUT2D eigenvalue weighted by Crippen LogP contribution is 2.19. The van der Waals surface area contributed by atoms with Crippen LogP contribution in [0.1, 0.15) is 31.3 Å². The Bertz CT molecular complexity index is 343. The minimum atomic E-state index is -0.240. The Kier molecular flexibility index (Phi) is 6.85. The maximum atomic E-state index is 11.8. The fourth-order valence-electron chi connectivity index (χ4n) is 1.58. The van der Waals surface area contributed by atoms with Crippen molar-refractivity contribution in [3.05, 3.63) is 16.6 Å². The number of hydrogen-bond acceptors (Lipinski definition) is 5. The van der Waals surface area contributed by atoms with E-state index in [4.69, 9.17) is 4.74 Å². The minimum Gasteiger partial charge on any atom is -0.383 e. The first-order valence-electron chi connectivity index (χ1n) is 6.11. The normalized spacial score (nSPS) is 14.2. The number of amides is 1. The maximum Gasteiger partial charge on any atom is 0.236 e. The zero-order chi connectivity index (χ0) is 13.4. The first kappa shape index (κ1) is 15.1. The summed E-state index contributed by atoms with van der Waals surface area (Å²) in [4.78, 5) is 16.1. The molecule has 1 aromatic heterocycles. The number of thiazole rings is 1. The highest BCUT2D eigenvalue weighted by atomic mass is 32.1. The molecule has 2 N–H and O–H groups in total. The van der Waals surface area contributed by atoms with Crippen molar-refractivity contribution in [1.29, 1.82) is 0 Å². The van der Waals surface area contributed by atoms with Gasteiger partial charge in [0.05, 0.1) is 18.7 Å². The first-order valence-corrected chi connectivity index (χ1v) is 6.99. The highest BCUT2D eigenvalue weighted by Gasteiger charge is 2.19. The zero-order valence-corrected chi connectivity index (χ0v) is 11.9. The van der Waals surface area contributed by atoms with Crippen LogP contribution in [0.15, 0.2) is 11.6 Å². The van der Waals surface area contributed by atoms with Gasteiger partial charge in [-0.1, -0.05) is 6.92 Å². The average Bonchev–Trinajstić information content (AvgIpc) is 2.89. The second-order valence-corrected chi connectivity index (χ2v) is 4.93. The van der Waals surface area contributed by atoms with Crippen molar-refractivity contribution in [3.63, 3.8) is 0 Å². The molecule has 0 saturated heterocycles. The van der Waals surface area contributed by atoms with Crippen molar-refractivity contribution >= 4 is 17.2 Å². The van der Waals surface area contributed by atoms with E-state index < -0.39 is 0 Å². The molecule has 18 heavy (non-hydrogen) atoms. The van der Waals surface area contributed by atoms with Crippen LogP contribution in [-0.2, 0) is 9.53 Å². The third-order valence-electron chi connectivity index (χ3n) is 2.61. The Labute approximate surface area is 112 Å². The molecule has 1 heterocycles. The lowest BCUT2D eigenvalue weighted by Crippen LogP contribution is -2.44. The smallest absolute Gasteiger partial charge is 0.236 e. The van der Waals surface area contributed by atoms with Crippen LogP contribution < -0.4 is 10.6 Å². The van der Waals surface area contributed by atoms with Gasteiger partial charge in [0.1, 0.15) is 5.01 Å². The van der Waals surface area contributed by atoms with E-state index in [1.54, 1.807) is 24.6 Å². The number of ether oxygens (including phenoxy) is 1. The van der Waals surface area contributed by atoms with Gasteiger partial charge in [-0.15, -0.1) is 11.3 Å². The molecule has 1 amide bonds. The largest absolute Gasteiger partial charge is 0.383 e. The molecule has 5 nitrogen and oxygen atoms in total. The van der Waals surface area contributed by atoms with Crippen LogP contribution in [0.3, 0.4) is 0 Å². The van der Waals surface area contributed by atoms with E-state index in [1.165, 1.54) is 0 Å². The van der Waals surface area contributed by atoms with Crippen LogP contribution in [0, 0.1) is 0 Å². The molecule has 0 radical (unpaired) electrons. The Morgan fingerprint density at radius 2 is 2.39 bits per heavy atom. The molecular formula is C12H21N3O2S. The molecule has 0 fully saturated rings. The molecular weight excluding hydrogens is 250 g/mol. The number of carbonyl (C=O) groups is 1. The van der Waals surface area contributed by atoms with Gasteiger partial charge in [-0.05, 0) is 13.3 Å². The van der Waals surface area contributed by atoms with Gasteiger partial charge in [0.15, 0.2) is 0 Å². The molecule has 0 bridgehead atoms. The number of methoxy groups -OCH3 is 1. The fourth-order valence-corrected chi connectivity index (χ4v) is 2.36. The number of carbonyl (C=O) groups excluding carboxylic acids is 1. The lowest BCUT2D eigenvalue weighted by Gasteiger charge is -2.20. The Morgan fingerprint density at radius 3 is 2.94 bits per heavy atom. The van der Waals surface area contributed by atoms with Gasteiger partial charge in [-0.25, -0.2) is 4.98 Å². The molecule has 0 aromatic carbocycles. The van der Waals surface area contributed by atoms with Crippen molar-refractivity contribution in [2.24, 2.45) is 0 Å². The quantitative estimate of drug-likeness (QED) is 0.700. The van der Waals surface area contributed by atoms with Gasteiger partial charge in [0, 0.05) is 25.2 Å². The zero-order valence-electron chi connectivity index (χ0n) is 11.1. The predicted octanol–water partition coefficient (Wildman–Crippen LogP) is 1.33. The summed E-state index contributed by atoms with van der Waals surface area (Å²) in [6.07, 6.45) is 2.69. The van der Waals surface area contributed by atoms with Crippen LogP contribution >= 0.6 is 11.3 Å². The summed E-state index contributed by atoms with van der Waals surface area (Å²) >= 11 is 1.61. The summed E-state index contributed by atoms with van der Waals surface area (Å²) in [5.74, 6) is -0.0120. The van der Waals surface area contributed by atoms with Gasteiger partial charge in [-0.3, -0.25) is 10.1 Å². The molecule has 2 unspecified atom stereocenters. The number of hydrogen-bond donors (Lipinski definition) is 2. The standard InChI is InChI=1S/C12H21N3O2S/c1-4-10(12-14-6-8-18-12)15-9(2)11(16)13-5-7-17-3/h6,8-10,15H,4-5,7H2,1-3H3,(H,13,16). The lowest BCUT2D eigenvalue weighted by molar-refractivity contribution is -0.123. The number of aromatic nitrogens is 1. The van der Waals surface area contributed by atoms with Gasteiger partial charge < -0.3 is 10.1 Å². The first-order chi connectivity index (χ1) is 8.69.